The summed E-state index contributed by atoms with van der Waals surface area (Å²) in [6.45, 7) is 1.54. The Hall–Kier alpha value is -1.96. The normalized spacial score (nSPS) is 16.8. The van der Waals surface area contributed by atoms with Crippen molar-refractivity contribution in [3.05, 3.63) is 35.2 Å². The monoisotopic (exact) mass is 350 g/mol. The summed E-state index contributed by atoms with van der Waals surface area (Å²) in [5.41, 5.74) is 6.00. The minimum absolute atomic E-state index is 0.101. The first-order valence-electron chi connectivity index (χ1n) is 7.78. The third-order valence-corrected chi connectivity index (χ3v) is 4.51. The van der Waals surface area contributed by atoms with Crippen molar-refractivity contribution in [2.24, 2.45) is 11.1 Å². The van der Waals surface area contributed by atoms with Gasteiger partial charge >= 0.3 is 0 Å². The van der Waals surface area contributed by atoms with E-state index in [4.69, 9.17) is 26.6 Å². The lowest BCUT2D eigenvalue weighted by atomic mass is 9.79. The van der Waals surface area contributed by atoms with Crippen LogP contribution in [0.2, 0.25) is 5.02 Å². The van der Waals surface area contributed by atoms with Crippen molar-refractivity contribution in [3.8, 4) is 11.4 Å². The van der Waals surface area contributed by atoms with Crippen molar-refractivity contribution >= 4 is 17.5 Å². The Morgan fingerprint density at radius 1 is 1.38 bits per heavy atom. The molecule has 0 bridgehead atoms. The molecule has 8 heteroatoms. The molecule has 3 N–H and O–H groups in total. The summed E-state index contributed by atoms with van der Waals surface area (Å²) in [6, 6.07) is 7.17. The van der Waals surface area contributed by atoms with Gasteiger partial charge in [0.1, 0.15) is 0 Å². The molecular weight excluding hydrogens is 332 g/mol. The van der Waals surface area contributed by atoms with Gasteiger partial charge in [-0.2, -0.15) is 4.98 Å². The molecule has 0 unspecified atom stereocenters. The van der Waals surface area contributed by atoms with Crippen LogP contribution in [0.1, 0.15) is 18.7 Å². The number of nitrogens with zero attached hydrogens (tertiary/aromatic N) is 2. The van der Waals surface area contributed by atoms with Gasteiger partial charge in [0, 0.05) is 30.3 Å². The number of ether oxygens (including phenoxy) is 1. The fraction of sp³-hybridized carbons (Fsp3) is 0.438. The summed E-state index contributed by atoms with van der Waals surface area (Å²) in [7, 11) is 0. The highest BCUT2D eigenvalue weighted by molar-refractivity contribution is 6.30. The zero-order chi connectivity index (χ0) is 17.0. The molecule has 0 saturated carbocycles. The third kappa shape index (κ3) is 3.58. The van der Waals surface area contributed by atoms with Gasteiger partial charge in [-0.05, 0) is 25.0 Å². The highest BCUT2D eigenvalue weighted by atomic mass is 35.5. The summed E-state index contributed by atoms with van der Waals surface area (Å²) < 4.78 is 10.5. The molecule has 128 valence electrons. The predicted molar refractivity (Wildman–Crippen MR) is 88.1 cm³/mol. The number of amides is 1. The summed E-state index contributed by atoms with van der Waals surface area (Å²) in [5, 5.41) is 7.35. The van der Waals surface area contributed by atoms with Gasteiger partial charge in [-0.15, -0.1) is 0 Å². The number of nitrogens with one attached hydrogen (secondary N) is 1. The van der Waals surface area contributed by atoms with E-state index in [1.54, 1.807) is 12.1 Å². The van der Waals surface area contributed by atoms with E-state index in [9.17, 15) is 4.79 Å². The maximum atomic E-state index is 12.5. The van der Waals surface area contributed by atoms with Crippen LogP contribution >= 0.6 is 11.6 Å². The van der Waals surface area contributed by atoms with Crippen molar-refractivity contribution in [1.29, 1.82) is 0 Å². The zero-order valence-corrected chi connectivity index (χ0v) is 13.9. The largest absolute Gasteiger partial charge is 0.381 e. The first-order valence-corrected chi connectivity index (χ1v) is 8.15. The Morgan fingerprint density at radius 2 is 2.17 bits per heavy atom. The smallest absolute Gasteiger partial charge is 0.246 e. The lowest BCUT2D eigenvalue weighted by Gasteiger charge is -2.34. The minimum atomic E-state index is -0.575. The molecule has 2 heterocycles. The first-order chi connectivity index (χ1) is 11.6. The summed E-state index contributed by atoms with van der Waals surface area (Å²) >= 11 is 5.96. The maximum absolute atomic E-state index is 12.5. The molecule has 1 aromatic carbocycles. The van der Waals surface area contributed by atoms with Crippen molar-refractivity contribution in [2.75, 3.05) is 19.8 Å². The van der Waals surface area contributed by atoms with E-state index in [-0.39, 0.29) is 12.5 Å². The van der Waals surface area contributed by atoms with Gasteiger partial charge < -0.3 is 20.3 Å². The Labute approximate surface area is 144 Å². The molecule has 1 saturated heterocycles. The molecule has 7 nitrogen and oxygen atoms in total. The fourth-order valence-corrected chi connectivity index (χ4v) is 2.89. The average molecular weight is 351 g/mol. The molecular formula is C16H19ClN4O3. The third-order valence-electron chi connectivity index (χ3n) is 4.27. The molecule has 1 amide bonds. The van der Waals surface area contributed by atoms with Crippen LogP contribution in [-0.4, -0.2) is 35.8 Å². The highest BCUT2D eigenvalue weighted by Gasteiger charge is 2.38. The molecule has 24 heavy (non-hydrogen) atoms. The van der Waals surface area contributed by atoms with Gasteiger partial charge in [-0.3, -0.25) is 4.79 Å². The molecule has 3 rings (SSSR count). The van der Waals surface area contributed by atoms with Gasteiger partial charge in [0.15, 0.2) is 0 Å². The van der Waals surface area contributed by atoms with Crippen LogP contribution in [-0.2, 0) is 16.1 Å². The number of carbonyl (C=O) groups is 1. The van der Waals surface area contributed by atoms with E-state index < -0.39 is 5.41 Å². The van der Waals surface area contributed by atoms with E-state index >= 15 is 0 Å². The van der Waals surface area contributed by atoms with Crippen molar-refractivity contribution < 1.29 is 14.1 Å². The van der Waals surface area contributed by atoms with E-state index in [1.165, 1.54) is 0 Å². The van der Waals surface area contributed by atoms with Crippen LogP contribution in [0.4, 0.5) is 0 Å². The number of halogens is 1. The number of rotatable bonds is 5. The van der Waals surface area contributed by atoms with Gasteiger partial charge in [-0.25, -0.2) is 0 Å². The van der Waals surface area contributed by atoms with Crippen LogP contribution in [0, 0.1) is 5.41 Å². The SMILES string of the molecule is NCC1(C(=O)NCc2nc(-c3cccc(Cl)c3)no2)CCOCC1. The number of nitrogens with two attached hydrogens (primary N) is 1. The number of benzene rings is 1. The molecule has 1 aliphatic rings. The molecule has 1 fully saturated rings. The zero-order valence-electron chi connectivity index (χ0n) is 13.1. The minimum Gasteiger partial charge on any atom is -0.381 e. The van der Waals surface area contributed by atoms with Crippen LogP contribution < -0.4 is 11.1 Å². The van der Waals surface area contributed by atoms with Crippen molar-refractivity contribution in [3.63, 3.8) is 0 Å². The van der Waals surface area contributed by atoms with Crippen LogP contribution in [0.25, 0.3) is 11.4 Å². The number of carbonyl (C=O) groups excluding carboxylic acids is 1. The number of hydrogen-bond acceptors (Lipinski definition) is 6. The molecule has 0 spiro atoms. The highest BCUT2D eigenvalue weighted by Crippen LogP contribution is 2.29. The lowest BCUT2D eigenvalue weighted by Crippen LogP contribution is -2.49. The Morgan fingerprint density at radius 3 is 2.88 bits per heavy atom. The Bertz CT molecular complexity index is 713. The average Bonchev–Trinajstić information content (AvgIpc) is 3.09. The summed E-state index contributed by atoms with van der Waals surface area (Å²) in [5.74, 6) is 0.662. The molecule has 0 aliphatic carbocycles. The standard InChI is InChI=1S/C16H19ClN4O3/c17-12-3-1-2-11(8-12)14-20-13(24-21-14)9-19-15(22)16(10-18)4-6-23-7-5-16/h1-3,8H,4-7,9-10,18H2,(H,19,22). The number of hydrogen-bond donors (Lipinski definition) is 2. The molecule has 1 aliphatic heterocycles. The summed E-state index contributed by atoms with van der Waals surface area (Å²) in [6.07, 6.45) is 1.24. The second-order valence-corrected chi connectivity index (χ2v) is 6.24. The van der Waals surface area contributed by atoms with Gasteiger partial charge in [0.2, 0.25) is 17.6 Å². The molecule has 1 aromatic heterocycles. The Balaban J connectivity index is 1.64. The summed E-state index contributed by atoms with van der Waals surface area (Å²) in [4.78, 5) is 16.8. The second-order valence-electron chi connectivity index (χ2n) is 5.80. The maximum Gasteiger partial charge on any atom is 0.246 e. The predicted octanol–water partition coefficient (Wildman–Crippen LogP) is 1.76. The van der Waals surface area contributed by atoms with E-state index in [0.717, 1.165) is 5.56 Å². The molecule has 0 radical (unpaired) electrons. The van der Waals surface area contributed by atoms with Gasteiger partial charge in [-0.1, -0.05) is 28.9 Å². The number of aromatic nitrogens is 2. The topological polar surface area (TPSA) is 103 Å². The van der Waals surface area contributed by atoms with Gasteiger partial charge in [0.25, 0.3) is 0 Å². The second kappa shape index (κ2) is 7.29. The molecule has 2 aromatic rings. The lowest BCUT2D eigenvalue weighted by molar-refractivity contribution is -0.136. The van der Waals surface area contributed by atoms with E-state index in [1.807, 2.05) is 12.1 Å². The van der Waals surface area contributed by atoms with Crippen molar-refractivity contribution in [2.45, 2.75) is 19.4 Å². The van der Waals surface area contributed by atoms with Crippen LogP contribution in [0.15, 0.2) is 28.8 Å². The van der Waals surface area contributed by atoms with Gasteiger partial charge in [0.05, 0.1) is 12.0 Å². The Kier molecular flexibility index (Phi) is 5.13. The van der Waals surface area contributed by atoms with E-state index in [0.29, 0.717) is 49.3 Å². The first kappa shape index (κ1) is 16.9. The van der Waals surface area contributed by atoms with E-state index in [2.05, 4.69) is 15.5 Å². The molecule has 0 atom stereocenters. The fourth-order valence-electron chi connectivity index (χ4n) is 2.70. The van der Waals surface area contributed by atoms with Crippen LogP contribution in [0.5, 0.6) is 0 Å². The van der Waals surface area contributed by atoms with Crippen LogP contribution in [0.3, 0.4) is 0 Å². The quantitative estimate of drug-likeness (QED) is 0.851. The van der Waals surface area contributed by atoms with Crippen molar-refractivity contribution in [1.82, 2.24) is 15.5 Å².